The van der Waals surface area contributed by atoms with Crippen molar-refractivity contribution >= 4 is 33.7 Å². The molecule has 0 aliphatic rings. The molecule has 0 heterocycles. The molecule has 0 bridgehead atoms. The van der Waals surface area contributed by atoms with Gasteiger partial charge in [-0.3, -0.25) is 0 Å². The van der Waals surface area contributed by atoms with Crippen LogP contribution in [0.1, 0.15) is 5.56 Å². The van der Waals surface area contributed by atoms with Gasteiger partial charge in [-0.05, 0) is 30.3 Å². The van der Waals surface area contributed by atoms with Gasteiger partial charge >= 0.3 is 0 Å². The number of hydrogen-bond donors (Lipinski definition) is 1. The first-order valence-corrected chi connectivity index (χ1v) is 6.71. The van der Waals surface area contributed by atoms with Crippen LogP contribution in [0.2, 0.25) is 5.02 Å². The van der Waals surface area contributed by atoms with E-state index in [-0.39, 0.29) is 5.02 Å². The van der Waals surface area contributed by atoms with E-state index in [0.29, 0.717) is 11.3 Å². The van der Waals surface area contributed by atoms with Crippen molar-refractivity contribution in [2.24, 2.45) is 0 Å². The summed E-state index contributed by atoms with van der Waals surface area (Å²) >= 11 is 5.79. The molecule has 0 unspecified atom stereocenters. The van der Waals surface area contributed by atoms with Crippen LogP contribution in [0.15, 0.2) is 54.6 Å². The minimum absolute atomic E-state index is 0.0675. The van der Waals surface area contributed by atoms with Crippen molar-refractivity contribution < 1.29 is 4.39 Å². The Morgan fingerprint density at radius 1 is 1.00 bits per heavy atom. The standard InChI is InChI=1S/C17H10ClFN2/c18-15-9-12(6-7-16(15)19)21-17-8-5-11(10-20)13-3-1-2-4-14(13)17/h1-9,21H. The Balaban J connectivity index is 2.09. The Labute approximate surface area is 126 Å². The first-order valence-electron chi connectivity index (χ1n) is 6.33. The van der Waals surface area contributed by atoms with E-state index in [0.717, 1.165) is 16.5 Å². The summed E-state index contributed by atoms with van der Waals surface area (Å²) in [6, 6.07) is 17.9. The van der Waals surface area contributed by atoms with E-state index in [1.807, 2.05) is 30.3 Å². The summed E-state index contributed by atoms with van der Waals surface area (Å²) in [5.41, 5.74) is 2.15. The van der Waals surface area contributed by atoms with Gasteiger partial charge < -0.3 is 5.32 Å². The quantitative estimate of drug-likeness (QED) is 0.701. The van der Waals surface area contributed by atoms with Crippen LogP contribution in [-0.4, -0.2) is 0 Å². The number of rotatable bonds is 2. The van der Waals surface area contributed by atoms with Crippen molar-refractivity contribution in [2.75, 3.05) is 5.32 Å². The van der Waals surface area contributed by atoms with Gasteiger partial charge in [-0.2, -0.15) is 5.26 Å². The lowest BCUT2D eigenvalue weighted by atomic mass is 10.0. The monoisotopic (exact) mass is 296 g/mol. The summed E-state index contributed by atoms with van der Waals surface area (Å²) in [4.78, 5) is 0. The second-order valence-corrected chi connectivity index (χ2v) is 4.98. The SMILES string of the molecule is N#Cc1ccc(Nc2ccc(F)c(Cl)c2)c2ccccc12. The third-order valence-electron chi connectivity index (χ3n) is 3.24. The normalized spacial score (nSPS) is 10.3. The molecular weight excluding hydrogens is 287 g/mol. The smallest absolute Gasteiger partial charge is 0.141 e. The second-order valence-electron chi connectivity index (χ2n) is 4.57. The number of hydrogen-bond acceptors (Lipinski definition) is 2. The first kappa shape index (κ1) is 13.4. The molecule has 0 saturated heterocycles. The maximum atomic E-state index is 13.2. The Kier molecular flexibility index (Phi) is 3.47. The number of nitrogens with zero attached hydrogens (tertiary/aromatic N) is 1. The Morgan fingerprint density at radius 2 is 1.76 bits per heavy atom. The molecule has 0 radical (unpaired) electrons. The van der Waals surface area contributed by atoms with Gasteiger partial charge in [-0.1, -0.05) is 35.9 Å². The maximum absolute atomic E-state index is 13.2. The van der Waals surface area contributed by atoms with Crippen LogP contribution >= 0.6 is 11.6 Å². The number of nitrogens with one attached hydrogen (secondary N) is 1. The number of fused-ring (bicyclic) bond motifs is 1. The molecule has 0 aliphatic heterocycles. The zero-order valence-electron chi connectivity index (χ0n) is 10.9. The van der Waals surface area contributed by atoms with Gasteiger partial charge in [-0.25, -0.2) is 4.39 Å². The molecule has 0 aliphatic carbocycles. The number of benzene rings is 3. The van der Waals surface area contributed by atoms with Gasteiger partial charge in [0, 0.05) is 22.1 Å². The largest absolute Gasteiger partial charge is 0.355 e. The third-order valence-corrected chi connectivity index (χ3v) is 3.53. The van der Waals surface area contributed by atoms with Gasteiger partial charge in [0.15, 0.2) is 0 Å². The van der Waals surface area contributed by atoms with Crippen LogP contribution < -0.4 is 5.32 Å². The summed E-state index contributed by atoms with van der Waals surface area (Å²) in [7, 11) is 0. The highest BCUT2D eigenvalue weighted by atomic mass is 35.5. The van der Waals surface area contributed by atoms with Crippen LogP contribution in [0.5, 0.6) is 0 Å². The van der Waals surface area contributed by atoms with Crippen LogP contribution in [0.4, 0.5) is 15.8 Å². The Hall–Kier alpha value is -2.57. The molecular formula is C17H10ClFN2. The molecule has 0 spiro atoms. The van der Waals surface area contributed by atoms with Gasteiger partial charge in [0.2, 0.25) is 0 Å². The average Bonchev–Trinajstić information content (AvgIpc) is 2.51. The summed E-state index contributed by atoms with van der Waals surface area (Å²) in [5, 5.41) is 14.2. The summed E-state index contributed by atoms with van der Waals surface area (Å²) < 4.78 is 13.2. The lowest BCUT2D eigenvalue weighted by Crippen LogP contribution is -1.93. The number of halogens is 2. The van der Waals surface area contributed by atoms with E-state index in [2.05, 4.69) is 11.4 Å². The molecule has 0 aromatic heterocycles. The van der Waals surface area contributed by atoms with Crippen molar-refractivity contribution in [3.05, 3.63) is 71.0 Å². The predicted molar refractivity (Wildman–Crippen MR) is 83.4 cm³/mol. The summed E-state index contributed by atoms with van der Waals surface area (Å²) in [6.45, 7) is 0. The molecule has 102 valence electrons. The third kappa shape index (κ3) is 2.54. The number of anilines is 2. The molecule has 3 rings (SSSR count). The lowest BCUT2D eigenvalue weighted by molar-refractivity contribution is 0.628. The van der Waals surface area contributed by atoms with Crippen molar-refractivity contribution in [3.8, 4) is 6.07 Å². The van der Waals surface area contributed by atoms with Gasteiger partial charge in [0.05, 0.1) is 16.7 Å². The van der Waals surface area contributed by atoms with Crippen LogP contribution in [-0.2, 0) is 0 Å². The lowest BCUT2D eigenvalue weighted by Gasteiger charge is -2.11. The predicted octanol–water partition coefficient (Wildman–Crippen LogP) is 5.25. The van der Waals surface area contributed by atoms with E-state index < -0.39 is 5.82 Å². The fourth-order valence-electron chi connectivity index (χ4n) is 2.23. The van der Waals surface area contributed by atoms with Crippen LogP contribution in [0.3, 0.4) is 0 Å². The molecule has 4 heteroatoms. The van der Waals surface area contributed by atoms with Crippen molar-refractivity contribution in [1.29, 1.82) is 5.26 Å². The van der Waals surface area contributed by atoms with Gasteiger partial charge in [0.1, 0.15) is 5.82 Å². The summed E-state index contributed by atoms with van der Waals surface area (Å²) in [5.74, 6) is -0.452. The van der Waals surface area contributed by atoms with E-state index in [4.69, 9.17) is 16.9 Å². The molecule has 0 fully saturated rings. The molecule has 1 N–H and O–H groups in total. The molecule has 0 atom stereocenters. The zero-order valence-corrected chi connectivity index (χ0v) is 11.7. The first-order chi connectivity index (χ1) is 10.2. The second kappa shape index (κ2) is 5.43. The maximum Gasteiger partial charge on any atom is 0.141 e. The molecule has 3 aromatic rings. The van der Waals surface area contributed by atoms with Crippen molar-refractivity contribution in [1.82, 2.24) is 0 Å². The van der Waals surface area contributed by atoms with E-state index in [1.54, 1.807) is 12.1 Å². The Bertz CT molecular complexity index is 868. The minimum atomic E-state index is -0.452. The highest BCUT2D eigenvalue weighted by Crippen LogP contribution is 2.30. The van der Waals surface area contributed by atoms with Gasteiger partial charge in [0.25, 0.3) is 0 Å². The van der Waals surface area contributed by atoms with Gasteiger partial charge in [-0.15, -0.1) is 0 Å². The molecule has 2 nitrogen and oxygen atoms in total. The number of nitriles is 1. The average molecular weight is 297 g/mol. The minimum Gasteiger partial charge on any atom is -0.355 e. The van der Waals surface area contributed by atoms with Crippen LogP contribution in [0.25, 0.3) is 10.8 Å². The highest BCUT2D eigenvalue weighted by Gasteiger charge is 2.07. The van der Waals surface area contributed by atoms with Crippen LogP contribution in [0, 0.1) is 17.1 Å². The summed E-state index contributed by atoms with van der Waals surface area (Å²) in [6.07, 6.45) is 0. The zero-order chi connectivity index (χ0) is 14.8. The topological polar surface area (TPSA) is 35.8 Å². The highest BCUT2D eigenvalue weighted by molar-refractivity contribution is 6.31. The Morgan fingerprint density at radius 3 is 2.48 bits per heavy atom. The molecule has 3 aromatic carbocycles. The van der Waals surface area contributed by atoms with Crippen molar-refractivity contribution in [2.45, 2.75) is 0 Å². The van der Waals surface area contributed by atoms with E-state index >= 15 is 0 Å². The molecule has 21 heavy (non-hydrogen) atoms. The fourth-order valence-corrected chi connectivity index (χ4v) is 2.42. The van der Waals surface area contributed by atoms with Crippen molar-refractivity contribution in [3.63, 3.8) is 0 Å². The molecule has 0 amide bonds. The van der Waals surface area contributed by atoms with E-state index in [9.17, 15) is 4.39 Å². The molecule has 0 saturated carbocycles. The fraction of sp³-hybridized carbons (Fsp3) is 0. The van der Waals surface area contributed by atoms with E-state index in [1.165, 1.54) is 12.1 Å².